The van der Waals surface area contributed by atoms with Crippen LogP contribution in [-0.2, 0) is 0 Å². The lowest BCUT2D eigenvalue weighted by Gasteiger charge is -2.18. The quantitative estimate of drug-likeness (QED) is 0.760. The molecule has 6 nitrogen and oxygen atoms in total. The maximum Gasteiger partial charge on any atom is 0.269 e. The maximum atomic E-state index is 12.1. The summed E-state index contributed by atoms with van der Waals surface area (Å²) in [6.45, 7) is 3.77. The number of benzene rings is 1. The second-order valence-electron chi connectivity index (χ2n) is 5.32. The lowest BCUT2D eigenvalue weighted by molar-refractivity contribution is 0.0911. The van der Waals surface area contributed by atoms with Crippen LogP contribution in [0.3, 0.4) is 0 Å². The Hall–Kier alpha value is -2.34. The molecule has 3 N–H and O–H groups in total. The molecule has 0 bridgehead atoms. The fraction of sp³-hybridized carbons (Fsp3) is 0.375. The Morgan fingerprint density at radius 3 is 2.64 bits per heavy atom. The van der Waals surface area contributed by atoms with Crippen LogP contribution in [0.5, 0.6) is 5.75 Å². The summed E-state index contributed by atoms with van der Waals surface area (Å²) in [5.41, 5.74) is 1.98. The number of carbonyl (C=O) groups excluding carboxylic acids is 1. The zero-order valence-electron chi connectivity index (χ0n) is 13.0. The maximum absolute atomic E-state index is 12.1. The summed E-state index contributed by atoms with van der Waals surface area (Å²) in [7, 11) is 1.61. The molecule has 0 saturated carbocycles. The number of H-pyrrole nitrogens is 1. The highest BCUT2D eigenvalue weighted by Crippen LogP contribution is 2.21. The molecule has 2 rings (SSSR count). The van der Waals surface area contributed by atoms with E-state index in [-0.39, 0.29) is 24.5 Å². The molecule has 2 unspecified atom stereocenters. The van der Waals surface area contributed by atoms with Gasteiger partial charge in [0, 0.05) is 18.2 Å². The second-order valence-corrected chi connectivity index (χ2v) is 5.32. The first-order valence-corrected chi connectivity index (χ1v) is 7.16. The molecule has 2 atom stereocenters. The number of aliphatic hydroxyl groups is 1. The molecule has 0 aliphatic heterocycles. The number of nitrogens with zero attached hydrogens (tertiary/aromatic N) is 1. The molecule has 0 aliphatic rings. The standard InChI is InChI=1S/C16H21N3O3/c1-10(9-20)11(2)17-16(21)15-8-14(18-19-15)12-4-6-13(22-3)7-5-12/h4-8,10-11,20H,9H2,1-3H3,(H,17,21)(H,18,19). The lowest BCUT2D eigenvalue weighted by Crippen LogP contribution is -2.38. The number of amides is 1. The Balaban J connectivity index is 2.08. The second kappa shape index (κ2) is 7.09. The molecule has 0 radical (unpaired) electrons. The van der Waals surface area contributed by atoms with Crippen LogP contribution in [0.2, 0.25) is 0 Å². The summed E-state index contributed by atoms with van der Waals surface area (Å²) in [6.07, 6.45) is 0. The van der Waals surface area contributed by atoms with Gasteiger partial charge in [-0.25, -0.2) is 0 Å². The number of aromatic amines is 1. The summed E-state index contributed by atoms with van der Waals surface area (Å²) in [5.74, 6) is 0.525. The van der Waals surface area contributed by atoms with Gasteiger partial charge in [0.1, 0.15) is 11.4 Å². The van der Waals surface area contributed by atoms with Crippen molar-refractivity contribution < 1.29 is 14.6 Å². The molecular formula is C16H21N3O3. The number of aliphatic hydroxyl groups excluding tert-OH is 1. The van der Waals surface area contributed by atoms with Crippen LogP contribution in [0.1, 0.15) is 24.3 Å². The minimum absolute atomic E-state index is 0.00655. The number of methoxy groups -OCH3 is 1. The number of ether oxygens (including phenoxy) is 1. The predicted octanol–water partition coefficient (Wildman–Crippen LogP) is 1.83. The summed E-state index contributed by atoms with van der Waals surface area (Å²) >= 11 is 0. The highest BCUT2D eigenvalue weighted by Gasteiger charge is 2.17. The van der Waals surface area contributed by atoms with Gasteiger partial charge >= 0.3 is 0 Å². The normalized spacial score (nSPS) is 13.5. The number of rotatable bonds is 6. The molecule has 1 aromatic heterocycles. The van der Waals surface area contributed by atoms with E-state index in [1.165, 1.54) is 0 Å². The Morgan fingerprint density at radius 1 is 1.36 bits per heavy atom. The van der Waals surface area contributed by atoms with Crippen LogP contribution in [0.4, 0.5) is 0 Å². The van der Waals surface area contributed by atoms with E-state index >= 15 is 0 Å². The van der Waals surface area contributed by atoms with E-state index in [2.05, 4.69) is 15.5 Å². The molecular weight excluding hydrogens is 282 g/mol. The van der Waals surface area contributed by atoms with E-state index in [0.29, 0.717) is 11.4 Å². The topological polar surface area (TPSA) is 87.2 Å². The average molecular weight is 303 g/mol. The van der Waals surface area contributed by atoms with Crippen LogP contribution in [0.15, 0.2) is 30.3 Å². The third kappa shape index (κ3) is 3.65. The van der Waals surface area contributed by atoms with Crippen LogP contribution < -0.4 is 10.1 Å². The predicted molar refractivity (Wildman–Crippen MR) is 83.8 cm³/mol. The molecule has 1 amide bonds. The first kappa shape index (κ1) is 16.0. The van der Waals surface area contributed by atoms with Gasteiger partial charge in [0.25, 0.3) is 5.91 Å². The van der Waals surface area contributed by atoms with Crippen molar-refractivity contribution in [3.05, 3.63) is 36.0 Å². The van der Waals surface area contributed by atoms with Crippen LogP contribution in [-0.4, -0.2) is 41.0 Å². The molecule has 0 fully saturated rings. The van der Waals surface area contributed by atoms with Gasteiger partial charge in [-0.2, -0.15) is 5.10 Å². The fourth-order valence-electron chi connectivity index (χ4n) is 1.93. The molecule has 0 aliphatic carbocycles. The monoisotopic (exact) mass is 303 g/mol. The van der Waals surface area contributed by atoms with Crippen LogP contribution >= 0.6 is 0 Å². The average Bonchev–Trinajstić information content (AvgIpc) is 3.04. The Labute approximate surface area is 129 Å². The highest BCUT2D eigenvalue weighted by molar-refractivity contribution is 5.93. The Bertz CT molecular complexity index is 622. The third-order valence-corrected chi connectivity index (χ3v) is 3.71. The van der Waals surface area contributed by atoms with Gasteiger partial charge in [0.2, 0.25) is 0 Å². The first-order valence-electron chi connectivity index (χ1n) is 7.16. The van der Waals surface area contributed by atoms with Gasteiger partial charge in [-0.15, -0.1) is 0 Å². The summed E-state index contributed by atoms with van der Waals surface area (Å²) in [5, 5.41) is 18.8. The Kier molecular flexibility index (Phi) is 5.16. The van der Waals surface area contributed by atoms with Gasteiger partial charge in [0.15, 0.2) is 0 Å². The van der Waals surface area contributed by atoms with Crippen molar-refractivity contribution in [3.63, 3.8) is 0 Å². The van der Waals surface area contributed by atoms with Gasteiger partial charge in [-0.3, -0.25) is 9.89 Å². The number of nitrogens with one attached hydrogen (secondary N) is 2. The summed E-state index contributed by atoms with van der Waals surface area (Å²) in [6, 6.07) is 9.03. The number of aromatic nitrogens is 2. The molecule has 1 aromatic carbocycles. The Morgan fingerprint density at radius 2 is 2.05 bits per heavy atom. The summed E-state index contributed by atoms with van der Waals surface area (Å²) < 4.78 is 5.11. The van der Waals surface area contributed by atoms with Crippen molar-refractivity contribution in [1.82, 2.24) is 15.5 Å². The zero-order chi connectivity index (χ0) is 16.1. The van der Waals surface area contributed by atoms with E-state index in [0.717, 1.165) is 11.3 Å². The van der Waals surface area contributed by atoms with Crippen molar-refractivity contribution in [3.8, 4) is 17.0 Å². The first-order chi connectivity index (χ1) is 10.5. The summed E-state index contributed by atoms with van der Waals surface area (Å²) in [4.78, 5) is 12.1. The van der Waals surface area contributed by atoms with Crippen LogP contribution in [0.25, 0.3) is 11.3 Å². The van der Waals surface area contributed by atoms with E-state index in [1.54, 1.807) is 13.2 Å². The van der Waals surface area contributed by atoms with Gasteiger partial charge in [-0.1, -0.05) is 6.92 Å². The van der Waals surface area contributed by atoms with Crippen LogP contribution in [0, 0.1) is 5.92 Å². The van der Waals surface area contributed by atoms with Gasteiger partial charge < -0.3 is 15.2 Å². The van der Waals surface area contributed by atoms with Gasteiger partial charge in [-0.05, 0) is 43.2 Å². The lowest BCUT2D eigenvalue weighted by atomic mass is 10.1. The molecule has 1 heterocycles. The van der Waals surface area contributed by atoms with Gasteiger partial charge in [0.05, 0.1) is 12.8 Å². The van der Waals surface area contributed by atoms with Crippen molar-refractivity contribution in [2.45, 2.75) is 19.9 Å². The minimum Gasteiger partial charge on any atom is -0.497 e. The number of hydrogen-bond acceptors (Lipinski definition) is 4. The third-order valence-electron chi connectivity index (χ3n) is 3.71. The van der Waals surface area contributed by atoms with E-state index in [4.69, 9.17) is 9.84 Å². The highest BCUT2D eigenvalue weighted by atomic mass is 16.5. The molecule has 6 heteroatoms. The number of hydrogen-bond donors (Lipinski definition) is 3. The SMILES string of the molecule is COc1ccc(-c2cc(C(=O)NC(C)C(C)CO)[nH]n2)cc1. The molecule has 0 saturated heterocycles. The van der Waals surface area contributed by atoms with Crippen molar-refractivity contribution in [2.24, 2.45) is 5.92 Å². The zero-order valence-corrected chi connectivity index (χ0v) is 13.0. The smallest absolute Gasteiger partial charge is 0.269 e. The van der Waals surface area contributed by atoms with E-state index < -0.39 is 0 Å². The number of carbonyl (C=O) groups is 1. The van der Waals surface area contributed by atoms with Crippen molar-refractivity contribution in [2.75, 3.05) is 13.7 Å². The van der Waals surface area contributed by atoms with E-state index in [1.807, 2.05) is 38.1 Å². The van der Waals surface area contributed by atoms with E-state index in [9.17, 15) is 4.79 Å². The fourth-order valence-corrected chi connectivity index (χ4v) is 1.93. The minimum atomic E-state index is -0.236. The molecule has 0 spiro atoms. The molecule has 2 aromatic rings. The van der Waals surface area contributed by atoms with Crippen molar-refractivity contribution >= 4 is 5.91 Å². The van der Waals surface area contributed by atoms with Crippen molar-refractivity contribution in [1.29, 1.82) is 0 Å². The molecule has 118 valence electrons. The molecule has 22 heavy (non-hydrogen) atoms. The largest absolute Gasteiger partial charge is 0.497 e.